The highest BCUT2D eigenvalue weighted by molar-refractivity contribution is 8.00. The summed E-state index contributed by atoms with van der Waals surface area (Å²) in [6.07, 6.45) is 7.37. The minimum Gasteiger partial charge on any atom is -0.309 e. The fourth-order valence-corrected chi connectivity index (χ4v) is 9.50. The molecule has 0 spiro atoms. The number of allylic oxidation sites excluding steroid dienone is 3. The molecule has 3 aliphatic rings. The van der Waals surface area contributed by atoms with E-state index in [9.17, 15) is 0 Å². The van der Waals surface area contributed by atoms with E-state index in [4.69, 9.17) is 4.98 Å². The molecule has 4 heterocycles. The maximum atomic E-state index is 5.26. The zero-order chi connectivity index (χ0) is 31.3. The van der Waals surface area contributed by atoms with Crippen molar-refractivity contribution in [2.24, 2.45) is 0 Å². The van der Waals surface area contributed by atoms with Gasteiger partial charge in [0.2, 0.25) is 0 Å². The first-order valence-corrected chi connectivity index (χ1v) is 17.5. The summed E-state index contributed by atoms with van der Waals surface area (Å²) in [4.78, 5) is 6.61. The van der Waals surface area contributed by atoms with Gasteiger partial charge in [0.25, 0.3) is 12.0 Å². The third kappa shape index (κ3) is 3.73. The molecule has 226 valence electrons. The fourth-order valence-electron chi connectivity index (χ4n) is 8.09. The largest absolute Gasteiger partial charge is 0.354 e. The second kappa shape index (κ2) is 9.93. The molecule has 2 aromatic heterocycles. The molecule has 5 heteroatoms. The van der Waals surface area contributed by atoms with Crippen molar-refractivity contribution in [3.63, 3.8) is 0 Å². The Bertz CT molecular complexity index is 2660. The van der Waals surface area contributed by atoms with Gasteiger partial charge in [-0.15, -0.1) is 21.1 Å². The van der Waals surface area contributed by atoms with Gasteiger partial charge in [0.05, 0.1) is 22.3 Å². The van der Waals surface area contributed by atoms with E-state index in [1.54, 1.807) is 0 Å². The fraction of sp³-hybridized carbons (Fsp3) is 0.0698. The first-order chi connectivity index (χ1) is 23.8. The van der Waals surface area contributed by atoms with Crippen LogP contribution in [0.2, 0.25) is 0 Å². The highest BCUT2D eigenvalue weighted by atomic mass is 32.2. The molecule has 0 saturated carbocycles. The van der Waals surface area contributed by atoms with Crippen LogP contribution in [0.15, 0.2) is 163 Å². The third-order valence-electron chi connectivity index (χ3n) is 10.3. The van der Waals surface area contributed by atoms with Crippen LogP contribution in [-0.2, 0) is 0 Å². The Morgan fingerprint density at radius 2 is 1.42 bits per heavy atom. The molecule has 8 aromatic rings. The topological polar surface area (TPSA) is 26.6 Å². The minimum atomic E-state index is 0.160. The predicted molar refractivity (Wildman–Crippen MR) is 196 cm³/mol. The van der Waals surface area contributed by atoms with Crippen molar-refractivity contribution in [3.05, 3.63) is 175 Å². The highest BCUT2D eigenvalue weighted by Crippen LogP contribution is 2.53. The van der Waals surface area contributed by atoms with Gasteiger partial charge < -0.3 is 4.57 Å². The molecule has 0 fully saturated rings. The standard InChI is InChI=1S/C43H29N4S/c1-3-12-27(13-4-1)41-44-42(47-43(46(41)47)28-14-5-2-6-15-28)31-22-23-33-39(26-31)48-38-21-11-20-36(40(33)38)45-35-19-10-9-18-32(35)34-24-29-16-7-8-17-30(29)25-37(34)45/h1-26,33,39,43H/q+1. The third-order valence-corrected chi connectivity index (χ3v) is 11.6. The van der Waals surface area contributed by atoms with Crippen LogP contribution in [0.5, 0.6) is 0 Å². The Morgan fingerprint density at radius 1 is 0.667 bits per heavy atom. The maximum absolute atomic E-state index is 5.26. The van der Waals surface area contributed by atoms with Crippen LogP contribution in [0.1, 0.15) is 29.0 Å². The number of rotatable bonds is 4. The lowest BCUT2D eigenvalue weighted by atomic mass is 9.88. The van der Waals surface area contributed by atoms with Crippen LogP contribution in [-0.4, -0.2) is 19.5 Å². The van der Waals surface area contributed by atoms with E-state index in [1.807, 2.05) is 11.8 Å². The van der Waals surface area contributed by atoms with Crippen molar-refractivity contribution >= 4 is 49.9 Å². The van der Waals surface area contributed by atoms with Crippen molar-refractivity contribution in [2.45, 2.75) is 22.2 Å². The number of benzene rings is 6. The molecule has 0 amide bonds. The van der Waals surface area contributed by atoms with Gasteiger partial charge in [-0.05, 0) is 63.8 Å². The SMILES string of the molecule is C1=CC2c3c(cccc3-n3c4ccccc4c4cc5ccccc5cc43)SC2C=C1c1nc(-c2ccccc2)[n+]2n1C2c1ccccc1. The average Bonchev–Trinajstić information content (AvgIpc) is 3.40. The summed E-state index contributed by atoms with van der Waals surface area (Å²) in [5, 5.41) is 5.42. The predicted octanol–water partition coefficient (Wildman–Crippen LogP) is 9.71. The molecule has 11 rings (SSSR count). The lowest BCUT2D eigenvalue weighted by molar-refractivity contribution is -0.602. The summed E-state index contributed by atoms with van der Waals surface area (Å²) >= 11 is 1.98. The zero-order valence-electron chi connectivity index (χ0n) is 25.9. The summed E-state index contributed by atoms with van der Waals surface area (Å²) in [6, 6.07) is 50.5. The van der Waals surface area contributed by atoms with E-state index in [2.05, 4.69) is 172 Å². The number of para-hydroxylation sites is 1. The Hall–Kier alpha value is -5.65. The molecular formula is C43H29N4S+. The van der Waals surface area contributed by atoms with Crippen LogP contribution >= 0.6 is 11.8 Å². The van der Waals surface area contributed by atoms with Crippen molar-refractivity contribution in [1.29, 1.82) is 0 Å². The average molecular weight is 634 g/mol. The van der Waals surface area contributed by atoms with Crippen LogP contribution < -0.4 is 4.68 Å². The summed E-state index contributed by atoms with van der Waals surface area (Å²) in [5.41, 5.74) is 8.80. The van der Waals surface area contributed by atoms with Crippen LogP contribution in [0.4, 0.5) is 0 Å². The highest BCUT2D eigenvalue weighted by Gasteiger charge is 2.51. The van der Waals surface area contributed by atoms with E-state index in [1.165, 1.54) is 59.9 Å². The van der Waals surface area contributed by atoms with Crippen LogP contribution in [0.25, 0.3) is 55.2 Å². The second-order valence-corrected chi connectivity index (χ2v) is 14.2. The van der Waals surface area contributed by atoms with Gasteiger partial charge in [-0.2, -0.15) is 0 Å². The number of fused-ring (bicyclic) bond motifs is 8. The zero-order valence-corrected chi connectivity index (χ0v) is 26.8. The number of nitrogens with zero attached hydrogens (tertiary/aromatic N) is 4. The monoisotopic (exact) mass is 633 g/mol. The number of thioether (sulfide) groups is 1. The van der Waals surface area contributed by atoms with Crippen molar-refractivity contribution in [2.75, 3.05) is 0 Å². The molecule has 48 heavy (non-hydrogen) atoms. The summed E-state index contributed by atoms with van der Waals surface area (Å²) in [5.74, 6) is 2.32. The maximum Gasteiger partial charge on any atom is 0.354 e. The Balaban J connectivity index is 1.03. The lowest BCUT2D eigenvalue weighted by Gasteiger charge is -2.20. The summed E-state index contributed by atoms with van der Waals surface area (Å²) < 4.78 is 7.20. The summed E-state index contributed by atoms with van der Waals surface area (Å²) in [7, 11) is 0. The van der Waals surface area contributed by atoms with Gasteiger partial charge in [-0.1, -0.05) is 115 Å². The molecule has 4 nitrogen and oxygen atoms in total. The van der Waals surface area contributed by atoms with Crippen molar-refractivity contribution in [1.82, 2.24) is 14.2 Å². The van der Waals surface area contributed by atoms with Crippen molar-refractivity contribution in [3.8, 4) is 17.1 Å². The van der Waals surface area contributed by atoms with Gasteiger partial charge in [0.15, 0.2) is 0 Å². The van der Waals surface area contributed by atoms with E-state index in [-0.39, 0.29) is 12.1 Å². The molecule has 0 saturated heterocycles. The van der Waals surface area contributed by atoms with E-state index in [0.717, 1.165) is 17.2 Å². The Labute approximate surface area is 281 Å². The van der Waals surface area contributed by atoms with E-state index < -0.39 is 0 Å². The van der Waals surface area contributed by atoms with Gasteiger partial charge in [-0.25, -0.2) is 0 Å². The first-order valence-electron chi connectivity index (χ1n) is 16.6. The molecule has 0 bridgehead atoms. The van der Waals surface area contributed by atoms with Gasteiger partial charge >= 0.3 is 5.82 Å². The molecular weight excluding hydrogens is 605 g/mol. The molecule has 2 aliphatic heterocycles. The first kappa shape index (κ1) is 26.4. The molecule has 3 atom stereocenters. The van der Waals surface area contributed by atoms with E-state index in [0.29, 0.717) is 5.25 Å². The molecule has 3 unspecified atom stereocenters. The number of hydrogen-bond donors (Lipinski definition) is 0. The lowest BCUT2D eigenvalue weighted by Crippen LogP contribution is -2.18. The quantitative estimate of drug-likeness (QED) is 0.181. The van der Waals surface area contributed by atoms with E-state index >= 15 is 0 Å². The molecule has 0 N–H and O–H groups in total. The normalized spacial score (nSPS) is 19.0. The Morgan fingerprint density at radius 3 is 2.27 bits per heavy atom. The van der Waals surface area contributed by atoms with Crippen LogP contribution in [0.3, 0.4) is 0 Å². The van der Waals surface area contributed by atoms with Gasteiger partial charge in [-0.3, -0.25) is 0 Å². The second-order valence-electron chi connectivity index (χ2n) is 12.9. The summed E-state index contributed by atoms with van der Waals surface area (Å²) in [6.45, 7) is 0. The number of hydrogen-bond acceptors (Lipinski definition) is 2. The van der Waals surface area contributed by atoms with Gasteiger partial charge in [0.1, 0.15) is 0 Å². The molecule has 1 aliphatic carbocycles. The number of aromatic nitrogens is 4. The Kier molecular flexibility index (Phi) is 5.46. The van der Waals surface area contributed by atoms with Crippen LogP contribution in [0, 0.1) is 0 Å². The minimum absolute atomic E-state index is 0.160. The molecule has 0 radical (unpaired) electrons. The molecule has 6 aromatic carbocycles. The van der Waals surface area contributed by atoms with Gasteiger partial charge in [0, 0.05) is 38.0 Å². The van der Waals surface area contributed by atoms with Crippen molar-refractivity contribution < 1.29 is 4.68 Å². The smallest absolute Gasteiger partial charge is 0.309 e.